The third kappa shape index (κ3) is 1140. The third-order valence-corrected chi connectivity index (χ3v) is 0. The van der Waals surface area contributed by atoms with Crippen molar-refractivity contribution >= 4 is 38.7 Å². The van der Waals surface area contributed by atoms with Crippen molar-refractivity contribution in [1.82, 2.24) is 0 Å². The van der Waals surface area contributed by atoms with Crippen LogP contribution in [0.3, 0.4) is 0 Å². The molecule has 0 fully saturated rings. The molecule has 0 aromatic carbocycles. The SMILES string of the molecule is O=[Si](O)O.[NaH].[O]=[Cr](=[O])([OH])[OH]. The molecule has 0 heterocycles. The van der Waals surface area contributed by atoms with Crippen molar-refractivity contribution < 1.29 is 43.6 Å². The van der Waals surface area contributed by atoms with Gasteiger partial charge in [-0.3, -0.25) is 4.46 Å². The van der Waals surface area contributed by atoms with Crippen LogP contribution in [0.15, 0.2) is 0 Å². The van der Waals surface area contributed by atoms with Crippen molar-refractivity contribution in [3.63, 3.8) is 0 Å². The molecule has 0 saturated carbocycles. The van der Waals surface area contributed by atoms with E-state index in [0.29, 0.717) is 0 Å². The van der Waals surface area contributed by atoms with Crippen LogP contribution < -0.4 is 0 Å². The molecule has 7 nitrogen and oxygen atoms in total. The van der Waals surface area contributed by atoms with Gasteiger partial charge in [0, 0.05) is 0 Å². The minimum atomic E-state index is -5.25. The van der Waals surface area contributed by atoms with Crippen LogP contribution in [0.2, 0.25) is 0 Å². The minimum absolute atomic E-state index is 0. The van der Waals surface area contributed by atoms with E-state index in [1.807, 2.05) is 0 Å². The van der Waals surface area contributed by atoms with Crippen LogP contribution in [-0.2, 0) is 25.7 Å². The monoisotopic (exact) mass is 220 g/mol. The van der Waals surface area contributed by atoms with Crippen LogP contribution in [0.1, 0.15) is 0 Å². The Bertz CT molecular complexity index is 156. The van der Waals surface area contributed by atoms with Crippen LogP contribution in [0.4, 0.5) is 0 Å². The molecular formula is H5CrNaO7Si. The van der Waals surface area contributed by atoms with E-state index in [-0.39, 0.29) is 29.6 Å². The number of hydrogen-bond donors (Lipinski definition) is 4. The molecule has 0 radical (unpaired) electrons. The van der Waals surface area contributed by atoms with Crippen molar-refractivity contribution in [2.75, 3.05) is 0 Å². The van der Waals surface area contributed by atoms with E-state index in [4.69, 9.17) is 30.0 Å². The van der Waals surface area contributed by atoms with Crippen molar-refractivity contribution in [1.29, 1.82) is 0 Å². The van der Waals surface area contributed by atoms with Gasteiger partial charge in [-0.1, -0.05) is 0 Å². The van der Waals surface area contributed by atoms with Crippen molar-refractivity contribution in [2.24, 2.45) is 0 Å². The van der Waals surface area contributed by atoms with Gasteiger partial charge >= 0.3 is 68.3 Å². The first-order valence-electron chi connectivity index (χ1n) is 1.35. The zero-order valence-corrected chi connectivity index (χ0v) is 6.20. The van der Waals surface area contributed by atoms with E-state index in [0.717, 1.165) is 0 Å². The second-order valence-electron chi connectivity index (χ2n) is 0.730. The Kier molecular flexibility index (Phi) is 13.2. The summed E-state index contributed by atoms with van der Waals surface area (Å²) in [6, 6.07) is 0. The summed E-state index contributed by atoms with van der Waals surface area (Å²) >= 11 is -5.25. The molecule has 0 unspecified atom stereocenters. The summed E-state index contributed by atoms with van der Waals surface area (Å²) in [5.74, 6) is 0. The standard InChI is InChI=1S/Cr.Na.H2O3Si.2H2O.2O.H/c;;1-4(2)3;;;;;/h;;1-2H;2*1H2;;;/q+2;;;;;;;/p-2. The fourth-order valence-electron chi connectivity index (χ4n) is 0. The van der Waals surface area contributed by atoms with Gasteiger partial charge in [0.1, 0.15) is 0 Å². The summed E-state index contributed by atoms with van der Waals surface area (Å²) in [4.78, 5) is 14.3. The fraction of sp³-hybridized carbons (Fsp3) is 0. The summed E-state index contributed by atoms with van der Waals surface area (Å²) in [7, 11) is -3.13. The molecule has 10 heteroatoms. The zero-order chi connectivity index (χ0) is 8.08. The van der Waals surface area contributed by atoms with Crippen LogP contribution in [0.5, 0.6) is 0 Å². The van der Waals surface area contributed by atoms with Gasteiger partial charge in [0.25, 0.3) is 0 Å². The Balaban J connectivity index is -0.0000000910. The molecular weight excluding hydrogens is 215 g/mol. The Hall–Kier alpha value is 0.669. The van der Waals surface area contributed by atoms with Gasteiger partial charge in [-0.05, 0) is 0 Å². The van der Waals surface area contributed by atoms with Gasteiger partial charge in [0.15, 0.2) is 0 Å². The van der Waals surface area contributed by atoms with Crippen LogP contribution >= 0.6 is 0 Å². The van der Waals surface area contributed by atoms with E-state index in [9.17, 15) is 0 Å². The van der Waals surface area contributed by atoms with Gasteiger partial charge in [-0.15, -0.1) is 0 Å². The van der Waals surface area contributed by atoms with Gasteiger partial charge < -0.3 is 9.59 Å². The molecule has 0 aliphatic rings. The van der Waals surface area contributed by atoms with Gasteiger partial charge in [0.05, 0.1) is 0 Å². The third-order valence-electron chi connectivity index (χ3n) is 0. The molecule has 0 aromatic rings. The van der Waals surface area contributed by atoms with Gasteiger partial charge in [0.2, 0.25) is 0 Å². The summed E-state index contributed by atoms with van der Waals surface area (Å²) < 4.78 is 40.6. The Morgan fingerprint density at radius 2 is 1.10 bits per heavy atom. The van der Waals surface area contributed by atoms with Gasteiger partial charge in [-0.2, -0.15) is 0 Å². The molecule has 0 spiro atoms. The molecule has 0 atom stereocenters. The molecule has 0 saturated heterocycles. The van der Waals surface area contributed by atoms with Crippen LogP contribution in [0.25, 0.3) is 0 Å². The maximum absolute atomic E-state index is 8.82. The quantitative estimate of drug-likeness (QED) is 0.310. The normalized spacial score (nSPS) is 8.20. The molecule has 4 N–H and O–H groups in total. The number of rotatable bonds is 0. The van der Waals surface area contributed by atoms with Crippen molar-refractivity contribution in [2.45, 2.75) is 0 Å². The molecule has 0 aliphatic carbocycles. The summed E-state index contributed by atoms with van der Waals surface area (Å²) in [6.07, 6.45) is 0. The van der Waals surface area contributed by atoms with E-state index in [2.05, 4.69) is 0 Å². The average Bonchev–Trinajstić information content (AvgIpc) is 1.19. The first kappa shape index (κ1) is 17.0. The molecule has 0 bridgehead atoms. The predicted octanol–water partition coefficient (Wildman–Crippen LogP) is -3.62. The van der Waals surface area contributed by atoms with Gasteiger partial charge in [-0.25, -0.2) is 0 Å². The van der Waals surface area contributed by atoms with Crippen molar-refractivity contribution in [3.8, 4) is 0 Å². The Labute approximate surface area is 81.9 Å². The molecule has 0 aromatic heterocycles. The molecule has 0 rings (SSSR count). The average molecular weight is 220 g/mol. The zero-order valence-electron chi connectivity index (χ0n) is 3.92. The maximum atomic E-state index is 8.82. The molecule has 58 valence electrons. The second kappa shape index (κ2) is 7.77. The summed E-state index contributed by atoms with van der Waals surface area (Å²) in [6.45, 7) is 0. The first-order chi connectivity index (χ1) is 3.73. The fourth-order valence-corrected chi connectivity index (χ4v) is 0. The first-order valence-corrected chi connectivity index (χ1v) is 4.83. The van der Waals surface area contributed by atoms with E-state index >= 15 is 0 Å². The Morgan fingerprint density at radius 1 is 1.10 bits per heavy atom. The topological polar surface area (TPSA) is 132 Å². The van der Waals surface area contributed by atoms with Crippen LogP contribution in [0, 0.1) is 0 Å². The number of hydrogen-bond acceptors (Lipinski definition) is 3. The molecule has 0 aliphatic heterocycles. The van der Waals surface area contributed by atoms with E-state index in [1.54, 1.807) is 0 Å². The van der Waals surface area contributed by atoms with E-state index < -0.39 is 22.8 Å². The second-order valence-corrected chi connectivity index (χ2v) is 2.69. The van der Waals surface area contributed by atoms with E-state index in [1.165, 1.54) is 0 Å². The molecule has 0 amide bonds. The summed E-state index contributed by atoms with van der Waals surface area (Å²) in [5, 5.41) is 0. The predicted molar refractivity (Wildman–Crippen MR) is 23.8 cm³/mol. The Morgan fingerprint density at radius 3 is 1.10 bits per heavy atom. The van der Waals surface area contributed by atoms with Crippen LogP contribution in [-0.4, -0.2) is 56.6 Å². The molecule has 10 heavy (non-hydrogen) atoms. The van der Waals surface area contributed by atoms with Crippen molar-refractivity contribution in [3.05, 3.63) is 0 Å². The summed E-state index contributed by atoms with van der Waals surface area (Å²) in [5.41, 5.74) is 0.